The number of carbonyl (C=O) groups excluding carboxylic acids is 2. The summed E-state index contributed by atoms with van der Waals surface area (Å²) in [5, 5.41) is 3.90. The fourth-order valence-corrected chi connectivity index (χ4v) is 3.04. The largest absolute Gasteiger partial charge is 0.451 e. The molecular formula is C17H18N2O3. The molecule has 1 aliphatic carbocycles. The van der Waals surface area contributed by atoms with Gasteiger partial charge in [-0.2, -0.15) is 0 Å². The molecule has 114 valence electrons. The molecule has 1 saturated heterocycles. The lowest BCUT2D eigenvalue weighted by atomic mass is 10.2. The monoisotopic (exact) mass is 298 g/mol. The Kier molecular flexibility index (Phi) is 3.13. The molecule has 2 fully saturated rings. The maximum atomic E-state index is 12.7. The van der Waals surface area contributed by atoms with Crippen LogP contribution in [0.1, 0.15) is 36.2 Å². The maximum absolute atomic E-state index is 12.7. The predicted octanol–water partition coefficient (Wildman–Crippen LogP) is 2.32. The molecule has 2 amide bonds. The first-order valence-electron chi connectivity index (χ1n) is 7.82. The molecule has 22 heavy (non-hydrogen) atoms. The smallest absolute Gasteiger partial charge is 0.290 e. The summed E-state index contributed by atoms with van der Waals surface area (Å²) in [7, 11) is 0. The average Bonchev–Trinajstić information content (AvgIpc) is 3.07. The van der Waals surface area contributed by atoms with Crippen LogP contribution >= 0.6 is 0 Å². The van der Waals surface area contributed by atoms with Gasteiger partial charge in [-0.15, -0.1) is 0 Å². The minimum absolute atomic E-state index is 0.0236. The molecule has 1 unspecified atom stereocenters. The molecule has 0 radical (unpaired) electrons. The van der Waals surface area contributed by atoms with Crippen molar-refractivity contribution in [2.24, 2.45) is 0 Å². The number of amides is 2. The Balaban J connectivity index is 1.56. The SMILES string of the molecule is O=C(NC1CC1)C1CCCN1C(=O)c1cc2ccccc2o1. The summed E-state index contributed by atoms with van der Waals surface area (Å²) < 4.78 is 5.64. The van der Waals surface area contributed by atoms with Crippen LogP contribution in [0.25, 0.3) is 11.0 Å². The number of likely N-dealkylation sites (tertiary alicyclic amines) is 1. The fraction of sp³-hybridized carbons (Fsp3) is 0.412. The summed E-state index contributed by atoms with van der Waals surface area (Å²) >= 11 is 0. The van der Waals surface area contributed by atoms with Crippen molar-refractivity contribution in [1.82, 2.24) is 10.2 Å². The number of carbonyl (C=O) groups is 2. The van der Waals surface area contributed by atoms with Crippen molar-refractivity contribution >= 4 is 22.8 Å². The summed E-state index contributed by atoms with van der Waals surface area (Å²) in [6, 6.07) is 9.25. The highest BCUT2D eigenvalue weighted by Gasteiger charge is 2.37. The molecular weight excluding hydrogens is 280 g/mol. The van der Waals surface area contributed by atoms with Gasteiger partial charge >= 0.3 is 0 Å². The predicted molar refractivity (Wildman–Crippen MR) is 81.4 cm³/mol. The van der Waals surface area contributed by atoms with Crippen molar-refractivity contribution in [2.45, 2.75) is 37.8 Å². The van der Waals surface area contributed by atoms with Crippen LogP contribution in [0.15, 0.2) is 34.7 Å². The first-order valence-corrected chi connectivity index (χ1v) is 7.82. The summed E-state index contributed by atoms with van der Waals surface area (Å²) in [5.74, 6) is 0.0985. The van der Waals surface area contributed by atoms with Gasteiger partial charge in [0.25, 0.3) is 5.91 Å². The lowest BCUT2D eigenvalue weighted by Crippen LogP contribution is -2.46. The molecule has 0 spiro atoms. The first kappa shape index (κ1) is 13.4. The number of nitrogens with zero attached hydrogens (tertiary/aromatic N) is 1. The van der Waals surface area contributed by atoms with Crippen LogP contribution in [-0.4, -0.2) is 35.3 Å². The van der Waals surface area contributed by atoms with Gasteiger partial charge in [0, 0.05) is 18.0 Å². The van der Waals surface area contributed by atoms with Crippen molar-refractivity contribution in [2.75, 3.05) is 6.54 Å². The van der Waals surface area contributed by atoms with Crippen molar-refractivity contribution in [1.29, 1.82) is 0 Å². The van der Waals surface area contributed by atoms with Crippen LogP contribution in [0.4, 0.5) is 0 Å². The van der Waals surface area contributed by atoms with Crippen molar-refractivity contribution < 1.29 is 14.0 Å². The molecule has 1 aliphatic heterocycles. The van der Waals surface area contributed by atoms with Crippen LogP contribution < -0.4 is 5.32 Å². The summed E-state index contributed by atoms with van der Waals surface area (Å²) in [5.41, 5.74) is 0.698. The van der Waals surface area contributed by atoms with Gasteiger partial charge in [0.2, 0.25) is 5.91 Å². The average molecular weight is 298 g/mol. The van der Waals surface area contributed by atoms with Gasteiger partial charge in [0.15, 0.2) is 5.76 Å². The molecule has 5 heteroatoms. The molecule has 2 aromatic rings. The second kappa shape index (κ2) is 5.16. The van der Waals surface area contributed by atoms with E-state index in [1.165, 1.54) is 0 Å². The van der Waals surface area contributed by atoms with E-state index in [2.05, 4.69) is 5.32 Å². The molecule has 1 N–H and O–H groups in total. The van der Waals surface area contributed by atoms with E-state index in [4.69, 9.17) is 4.42 Å². The number of nitrogens with one attached hydrogen (secondary N) is 1. The van der Waals surface area contributed by atoms with Gasteiger partial charge in [-0.25, -0.2) is 0 Å². The van der Waals surface area contributed by atoms with Gasteiger partial charge in [0.05, 0.1) is 0 Å². The van der Waals surface area contributed by atoms with Gasteiger partial charge in [-0.1, -0.05) is 18.2 Å². The Morgan fingerprint density at radius 3 is 2.77 bits per heavy atom. The standard InChI is InChI=1S/C17H18N2O3/c20-16(18-12-7-8-12)13-5-3-9-19(13)17(21)15-10-11-4-1-2-6-14(11)22-15/h1-2,4,6,10,12-13H,3,5,7-9H2,(H,18,20). The van der Waals surface area contributed by atoms with E-state index in [0.717, 1.165) is 31.1 Å². The molecule has 4 rings (SSSR count). The molecule has 1 aromatic heterocycles. The van der Waals surface area contributed by atoms with E-state index < -0.39 is 0 Å². The Morgan fingerprint density at radius 2 is 2.00 bits per heavy atom. The zero-order valence-corrected chi connectivity index (χ0v) is 12.2. The third-order valence-corrected chi connectivity index (χ3v) is 4.38. The highest BCUT2D eigenvalue weighted by atomic mass is 16.3. The summed E-state index contributed by atoms with van der Waals surface area (Å²) in [4.78, 5) is 26.6. The maximum Gasteiger partial charge on any atom is 0.290 e. The Labute approximate surface area is 128 Å². The van der Waals surface area contributed by atoms with E-state index in [1.807, 2.05) is 24.3 Å². The van der Waals surface area contributed by atoms with Gasteiger partial charge in [-0.3, -0.25) is 9.59 Å². The van der Waals surface area contributed by atoms with E-state index in [9.17, 15) is 9.59 Å². The number of para-hydroxylation sites is 1. The highest BCUT2D eigenvalue weighted by Crippen LogP contribution is 2.26. The number of benzene rings is 1. The topological polar surface area (TPSA) is 62.6 Å². The Hall–Kier alpha value is -2.30. The van der Waals surface area contributed by atoms with Crippen molar-refractivity contribution in [3.63, 3.8) is 0 Å². The number of fused-ring (bicyclic) bond motifs is 1. The highest BCUT2D eigenvalue weighted by molar-refractivity contribution is 5.99. The fourth-order valence-electron chi connectivity index (χ4n) is 3.04. The summed E-state index contributed by atoms with van der Waals surface area (Å²) in [6.07, 6.45) is 3.69. The van der Waals surface area contributed by atoms with Crippen molar-refractivity contribution in [3.8, 4) is 0 Å². The molecule has 2 aliphatic rings. The second-order valence-corrected chi connectivity index (χ2v) is 6.09. The first-order chi connectivity index (χ1) is 10.7. The number of rotatable bonds is 3. The molecule has 0 bridgehead atoms. The molecule has 1 saturated carbocycles. The number of hydrogen-bond acceptors (Lipinski definition) is 3. The number of hydrogen-bond donors (Lipinski definition) is 1. The van der Waals surface area contributed by atoms with Gasteiger partial charge in [0.1, 0.15) is 11.6 Å². The third kappa shape index (κ3) is 2.36. The lowest BCUT2D eigenvalue weighted by Gasteiger charge is -2.22. The Bertz CT molecular complexity index is 699. The van der Waals surface area contributed by atoms with Crippen molar-refractivity contribution in [3.05, 3.63) is 36.1 Å². The van der Waals surface area contributed by atoms with Gasteiger partial charge < -0.3 is 14.6 Å². The third-order valence-electron chi connectivity index (χ3n) is 4.38. The minimum Gasteiger partial charge on any atom is -0.451 e. The van der Waals surface area contributed by atoms with E-state index in [0.29, 0.717) is 23.9 Å². The van der Waals surface area contributed by atoms with Crippen LogP contribution in [0, 0.1) is 0 Å². The molecule has 5 nitrogen and oxygen atoms in total. The van der Waals surface area contributed by atoms with Crippen LogP contribution in [0.5, 0.6) is 0 Å². The molecule has 2 heterocycles. The summed E-state index contributed by atoms with van der Waals surface area (Å²) in [6.45, 7) is 0.610. The zero-order valence-electron chi connectivity index (χ0n) is 12.2. The molecule has 1 atom stereocenters. The number of furan rings is 1. The normalized spacial score (nSPS) is 21.3. The van der Waals surface area contributed by atoms with Crippen LogP contribution in [-0.2, 0) is 4.79 Å². The minimum atomic E-state index is -0.360. The second-order valence-electron chi connectivity index (χ2n) is 6.09. The quantitative estimate of drug-likeness (QED) is 0.946. The van der Waals surface area contributed by atoms with Gasteiger partial charge in [-0.05, 0) is 37.8 Å². The zero-order chi connectivity index (χ0) is 15.1. The van der Waals surface area contributed by atoms with E-state index >= 15 is 0 Å². The van der Waals surface area contributed by atoms with E-state index in [-0.39, 0.29) is 17.9 Å². The lowest BCUT2D eigenvalue weighted by molar-refractivity contribution is -0.125. The Morgan fingerprint density at radius 1 is 1.18 bits per heavy atom. The van der Waals surface area contributed by atoms with E-state index in [1.54, 1.807) is 11.0 Å². The van der Waals surface area contributed by atoms with Crippen LogP contribution in [0.3, 0.4) is 0 Å². The van der Waals surface area contributed by atoms with Crippen LogP contribution in [0.2, 0.25) is 0 Å². The molecule has 1 aromatic carbocycles.